The maximum atomic E-state index is 12.3. The van der Waals surface area contributed by atoms with Crippen molar-refractivity contribution in [2.75, 3.05) is 32.7 Å². The second-order valence-corrected chi connectivity index (χ2v) is 6.29. The normalized spacial score (nSPS) is 17.4. The van der Waals surface area contributed by atoms with Gasteiger partial charge in [-0.25, -0.2) is 4.79 Å². The van der Waals surface area contributed by atoms with Crippen molar-refractivity contribution in [2.45, 2.75) is 6.92 Å². The first-order chi connectivity index (χ1) is 11.0. The molecule has 1 amide bonds. The van der Waals surface area contributed by atoms with Gasteiger partial charge in [-0.3, -0.25) is 4.90 Å². The van der Waals surface area contributed by atoms with Crippen LogP contribution in [-0.2, 0) is 0 Å². The van der Waals surface area contributed by atoms with Gasteiger partial charge in [0.05, 0.1) is 17.4 Å². The Morgan fingerprint density at radius 2 is 2.04 bits per heavy atom. The molecule has 0 aromatic carbocycles. The van der Waals surface area contributed by atoms with Crippen molar-refractivity contribution >= 4 is 29.2 Å². The van der Waals surface area contributed by atoms with E-state index in [-0.39, 0.29) is 6.03 Å². The molecule has 0 unspecified atom stereocenters. The Labute approximate surface area is 146 Å². The molecule has 124 valence electrons. The Kier molecular flexibility index (Phi) is 6.45. The predicted molar refractivity (Wildman–Crippen MR) is 93.9 cm³/mol. The zero-order valence-corrected chi connectivity index (χ0v) is 14.6. The largest absolute Gasteiger partial charge is 0.344 e. The van der Waals surface area contributed by atoms with Gasteiger partial charge in [0.1, 0.15) is 0 Å². The number of aromatic nitrogens is 2. The molecule has 1 aliphatic heterocycles. The summed E-state index contributed by atoms with van der Waals surface area (Å²) in [5, 5.41) is 5.04. The van der Waals surface area contributed by atoms with E-state index in [1.807, 2.05) is 12.2 Å². The number of hydrogen-bond donors (Lipinski definition) is 0. The number of piperazine rings is 1. The Morgan fingerprint density at radius 3 is 2.61 bits per heavy atom. The number of allylic oxidation sites excluding steroid dienone is 4. The van der Waals surface area contributed by atoms with Crippen molar-refractivity contribution in [1.82, 2.24) is 19.6 Å². The third-order valence-corrected chi connectivity index (χ3v) is 4.06. The number of rotatable bonds is 4. The third kappa shape index (κ3) is 5.23. The van der Waals surface area contributed by atoms with Crippen LogP contribution in [0.2, 0.25) is 5.02 Å². The van der Waals surface area contributed by atoms with Gasteiger partial charge in [0.15, 0.2) is 0 Å². The lowest BCUT2D eigenvalue weighted by atomic mass is 10.2. The van der Waals surface area contributed by atoms with Crippen LogP contribution in [0.3, 0.4) is 0 Å². The SMILES string of the molecule is C=C/C(Cl)=C\C=C(/C)CN1CCN(C(=O)n2cc(Cl)cn2)CC1. The minimum atomic E-state index is -0.135. The highest BCUT2D eigenvalue weighted by atomic mass is 35.5. The van der Waals surface area contributed by atoms with E-state index in [0.29, 0.717) is 23.1 Å². The summed E-state index contributed by atoms with van der Waals surface area (Å²) in [6.07, 6.45) is 8.43. The summed E-state index contributed by atoms with van der Waals surface area (Å²) in [5.41, 5.74) is 1.21. The van der Waals surface area contributed by atoms with E-state index < -0.39 is 0 Å². The van der Waals surface area contributed by atoms with Gasteiger partial charge >= 0.3 is 6.03 Å². The highest BCUT2D eigenvalue weighted by Gasteiger charge is 2.22. The smallest absolute Gasteiger partial charge is 0.320 e. The number of hydrogen-bond acceptors (Lipinski definition) is 3. The Morgan fingerprint density at radius 1 is 1.35 bits per heavy atom. The van der Waals surface area contributed by atoms with Crippen molar-refractivity contribution < 1.29 is 4.79 Å². The molecule has 5 nitrogen and oxygen atoms in total. The molecular weight excluding hydrogens is 335 g/mol. The van der Waals surface area contributed by atoms with E-state index >= 15 is 0 Å². The van der Waals surface area contributed by atoms with Crippen molar-refractivity contribution in [1.29, 1.82) is 0 Å². The summed E-state index contributed by atoms with van der Waals surface area (Å²) in [7, 11) is 0. The molecule has 1 aromatic heterocycles. The maximum absolute atomic E-state index is 12.3. The van der Waals surface area contributed by atoms with Gasteiger partial charge in [0, 0.05) is 37.8 Å². The van der Waals surface area contributed by atoms with Crippen LogP contribution in [0.4, 0.5) is 4.79 Å². The van der Waals surface area contributed by atoms with Gasteiger partial charge in [-0.2, -0.15) is 9.78 Å². The first-order valence-corrected chi connectivity index (χ1v) is 8.12. The lowest BCUT2D eigenvalue weighted by Crippen LogP contribution is -2.50. The highest BCUT2D eigenvalue weighted by molar-refractivity contribution is 6.31. The standard InChI is InChI=1S/C16H20Cl2N4O/c1-3-14(17)5-4-13(2)11-20-6-8-21(9-7-20)16(23)22-12-15(18)10-19-22/h3-5,10,12H,1,6-9,11H2,2H3/b13-4+,14-5+. The molecule has 0 N–H and O–H groups in total. The van der Waals surface area contributed by atoms with Crippen LogP contribution >= 0.6 is 23.2 Å². The number of nitrogens with zero attached hydrogens (tertiary/aromatic N) is 4. The maximum Gasteiger partial charge on any atom is 0.344 e. The summed E-state index contributed by atoms with van der Waals surface area (Å²) in [4.78, 5) is 16.4. The molecule has 0 aliphatic carbocycles. The first-order valence-electron chi connectivity index (χ1n) is 7.37. The molecule has 0 bridgehead atoms. The molecule has 1 saturated heterocycles. The van der Waals surface area contributed by atoms with Gasteiger partial charge in [-0.1, -0.05) is 47.5 Å². The first kappa shape index (κ1) is 17.8. The minimum absolute atomic E-state index is 0.135. The zero-order chi connectivity index (χ0) is 16.8. The fourth-order valence-electron chi connectivity index (χ4n) is 2.34. The second kappa shape index (κ2) is 8.34. The molecule has 1 aliphatic rings. The quantitative estimate of drug-likeness (QED) is 0.778. The van der Waals surface area contributed by atoms with Crippen molar-refractivity contribution in [3.63, 3.8) is 0 Å². The molecule has 1 fully saturated rings. The Bertz CT molecular complexity index is 628. The Balaban J connectivity index is 1.84. The van der Waals surface area contributed by atoms with E-state index in [1.165, 1.54) is 22.6 Å². The van der Waals surface area contributed by atoms with Crippen LogP contribution in [0.15, 0.2) is 47.8 Å². The molecule has 0 radical (unpaired) electrons. The average molecular weight is 355 g/mol. The number of amides is 1. The second-order valence-electron chi connectivity index (χ2n) is 5.42. The topological polar surface area (TPSA) is 41.4 Å². The summed E-state index contributed by atoms with van der Waals surface area (Å²) in [5.74, 6) is 0. The summed E-state index contributed by atoms with van der Waals surface area (Å²) < 4.78 is 1.28. The van der Waals surface area contributed by atoms with E-state index in [2.05, 4.69) is 23.5 Å². The molecule has 0 atom stereocenters. The van der Waals surface area contributed by atoms with Crippen LogP contribution in [0.25, 0.3) is 0 Å². The molecule has 7 heteroatoms. The van der Waals surface area contributed by atoms with E-state index in [9.17, 15) is 4.79 Å². The van der Waals surface area contributed by atoms with Crippen LogP contribution in [-0.4, -0.2) is 58.3 Å². The lowest BCUT2D eigenvalue weighted by Gasteiger charge is -2.34. The predicted octanol–water partition coefficient (Wildman–Crippen LogP) is 3.38. The summed E-state index contributed by atoms with van der Waals surface area (Å²) >= 11 is 11.7. The molecule has 0 spiro atoms. The number of halogens is 2. The van der Waals surface area contributed by atoms with Crippen LogP contribution in [0, 0.1) is 0 Å². The van der Waals surface area contributed by atoms with Gasteiger partial charge in [-0.15, -0.1) is 0 Å². The molecular formula is C16H20Cl2N4O. The Hall–Kier alpha value is -1.56. The summed E-state index contributed by atoms with van der Waals surface area (Å²) in [6, 6.07) is -0.135. The summed E-state index contributed by atoms with van der Waals surface area (Å²) in [6.45, 7) is 9.53. The highest BCUT2D eigenvalue weighted by Crippen LogP contribution is 2.10. The van der Waals surface area contributed by atoms with Crippen LogP contribution in [0.1, 0.15) is 6.92 Å². The fraction of sp³-hybridized carbons (Fsp3) is 0.375. The van der Waals surface area contributed by atoms with Gasteiger partial charge in [-0.05, 0) is 13.0 Å². The third-order valence-electron chi connectivity index (χ3n) is 3.58. The number of carbonyl (C=O) groups excluding carboxylic acids is 1. The lowest BCUT2D eigenvalue weighted by molar-refractivity contribution is 0.144. The van der Waals surface area contributed by atoms with Crippen molar-refractivity contribution in [3.8, 4) is 0 Å². The molecule has 2 rings (SSSR count). The van der Waals surface area contributed by atoms with Crippen LogP contribution in [0.5, 0.6) is 0 Å². The average Bonchev–Trinajstić information content (AvgIpc) is 2.99. The van der Waals surface area contributed by atoms with Crippen molar-refractivity contribution in [2.24, 2.45) is 0 Å². The van der Waals surface area contributed by atoms with Gasteiger partial charge in [0.2, 0.25) is 0 Å². The van der Waals surface area contributed by atoms with E-state index in [0.717, 1.165) is 19.6 Å². The molecule has 1 aromatic rings. The number of carbonyl (C=O) groups is 1. The van der Waals surface area contributed by atoms with E-state index in [1.54, 1.807) is 11.0 Å². The molecule has 0 saturated carbocycles. The van der Waals surface area contributed by atoms with Crippen LogP contribution < -0.4 is 0 Å². The van der Waals surface area contributed by atoms with E-state index in [4.69, 9.17) is 23.2 Å². The minimum Gasteiger partial charge on any atom is -0.320 e. The monoisotopic (exact) mass is 354 g/mol. The van der Waals surface area contributed by atoms with Gasteiger partial charge < -0.3 is 4.90 Å². The van der Waals surface area contributed by atoms with Crippen molar-refractivity contribution in [3.05, 3.63) is 52.8 Å². The zero-order valence-electron chi connectivity index (χ0n) is 13.1. The van der Waals surface area contributed by atoms with Gasteiger partial charge in [0.25, 0.3) is 0 Å². The molecule has 2 heterocycles. The fourth-order valence-corrected chi connectivity index (χ4v) is 2.54. The molecule has 23 heavy (non-hydrogen) atoms.